The first-order valence-corrected chi connectivity index (χ1v) is 5.99. The van der Waals surface area contributed by atoms with Gasteiger partial charge in [-0.1, -0.05) is 11.6 Å². The number of aryl methyl sites for hydroxylation is 2. The number of imidazole rings is 1. The molecule has 0 saturated heterocycles. The number of hydrogen-bond acceptors (Lipinski definition) is 3. The van der Waals surface area contributed by atoms with Crippen LogP contribution < -0.4 is 10.5 Å². The van der Waals surface area contributed by atoms with Crippen molar-refractivity contribution >= 4 is 17.5 Å². The van der Waals surface area contributed by atoms with E-state index in [0.29, 0.717) is 5.95 Å². The first-order valence-electron chi connectivity index (χ1n) is 5.61. The van der Waals surface area contributed by atoms with Gasteiger partial charge in [0, 0.05) is 16.3 Å². The average molecular weight is 266 g/mol. The largest absolute Gasteiger partial charge is 0.496 e. The van der Waals surface area contributed by atoms with Crippen LogP contribution in [0.1, 0.15) is 16.8 Å². The van der Waals surface area contributed by atoms with Gasteiger partial charge in [-0.2, -0.15) is 0 Å². The number of H-pyrrole nitrogens is 1. The molecule has 1 heterocycles. The Morgan fingerprint density at radius 2 is 2.00 bits per heavy atom. The number of benzene rings is 1. The molecule has 0 atom stereocenters. The molecule has 0 bridgehead atoms. The quantitative estimate of drug-likeness (QED) is 0.876. The summed E-state index contributed by atoms with van der Waals surface area (Å²) >= 11 is 6.30. The Morgan fingerprint density at radius 3 is 2.50 bits per heavy atom. The zero-order chi connectivity index (χ0) is 13.4. The number of anilines is 1. The topological polar surface area (TPSA) is 63.9 Å². The lowest BCUT2D eigenvalue weighted by Crippen LogP contribution is -1.96. The highest BCUT2D eigenvalue weighted by atomic mass is 35.5. The van der Waals surface area contributed by atoms with Crippen LogP contribution >= 0.6 is 11.6 Å². The molecule has 2 rings (SSSR count). The van der Waals surface area contributed by atoms with E-state index in [1.54, 1.807) is 7.11 Å². The summed E-state index contributed by atoms with van der Waals surface area (Å²) < 4.78 is 5.43. The van der Waals surface area contributed by atoms with Crippen molar-refractivity contribution in [1.82, 2.24) is 9.97 Å². The minimum absolute atomic E-state index is 0.389. The minimum atomic E-state index is 0.389. The second kappa shape index (κ2) is 4.53. The molecule has 1 aromatic carbocycles. The van der Waals surface area contributed by atoms with Crippen LogP contribution in [0.15, 0.2) is 6.07 Å². The third kappa shape index (κ3) is 1.93. The van der Waals surface area contributed by atoms with Crippen molar-refractivity contribution in [3.8, 4) is 17.0 Å². The fourth-order valence-corrected chi connectivity index (χ4v) is 2.25. The lowest BCUT2D eigenvalue weighted by molar-refractivity contribution is 0.415. The summed E-state index contributed by atoms with van der Waals surface area (Å²) in [6, 6.07) is 1.91. The van der Waals surface area contributed by atoms with Crippen LogP contribution in [0.4, 0.5) is 5.95 Å². The highest BCUT2D eigenvalue weighted by Crippen LogP contribution is 2.39. The number of hydrogen-bond donors (Lipinski definition) is 2. The molecule has 0 amide bonds. The number of nitrogens with one attached hydrogen (secondary N) is 1. The Hall–Kier alpha value is -1.68. The molecule has 0 aliphatic carbocycles. The van der Waals surface area contributed by atoms with Gasteiger partial charge in [-0.3, -0.25) is 0 Å². The number of methoxy groups -OCH3 is 1. The molecule has 3 N–H and O–H groups in total. The third-order valence-electron chi connectivity index (χ3n) is 3.00. The van der Waals surface area contributed by atoms with E-state index in [9.17, 15) is 0 Å². The second-order valence-electron chi connectivity index (χ2n) is 4.31. The Morgan fingerprint density at radius 1 is 1.33 bits per heavy atom. The molecule has 0 aliphatic heterocycles. The zero-order valence-corrected chi connectivity index (χ0v) is 11.6. The van der Waals surface area contributed by atoms with E-state index < -0.39 is 0 Å². The van der Waals surface area contributed by atoms with E-state index in [1.807, 2.05) is 26.8 Å². The van der Waals surface area contributed by atoms with Gasteiger partial charge in [-0.15, -0.1) is 0 Å². The maximum Gasteiger partial charge on any atom is 0.198 e. The van der Waals surface area contributed by atoms with Crippen LogP contribution in [0, 0.1) is 20.8 Å². The fraction of sp³-hybridized carbons (Fsp3) is 0.308. The third-order valence-corrected chi connectivity index (χ3v) is 3.59. The van der Waals surface area contributed by atoms with Crippen LogP contribution in [0.25, 0.3) is 11.3 Å². The monoisotopic (exact) mass is 265 g/mol. The normalized spacial score (nSPS) is 10.7. The molecule has 0 fully saturated rings. The molecule has 0 spiro atoms. The van der Waals surface area contributed by atoms with E-state index in [-0.39, 0.29) is 0 Å². The van der Waals surface area contributed by atoms with Gasteiger partial charge in [0.05, 0.1) is 12.8 Å². The van der Waals surface area contributed by atoms with Gasteiger partial charge in [0.15, 0.2) is 5.95 Å². The molecular formula is C13H16ClN3O. The smallest absolute Gasteiger partial charge is 0.198 e. The summed E-state index contributed by atoms with van der Waals surface area (Å²) in [5, 5.41) is 0.728. The lowest BCUT2D eigenvalue weighted by atomic mass is 10.0. The average Bonchev–Trinajstić information content (AvgIpc) is 2.64. The first-order chi connectivity index (χ1) is 8.45. The van der Waals surface area contributed by atoms with Crippen LogP contribution in [-0.4, -0.2) is 17.1 Å². The minimum Gasteiger partial charge on any atom is -0.496 e. The fourth-order valence-electron chi connectivity index (χ4n) is 2.10. The van der Waals surface area contributed by atoms with Crippen molar-refractivity contribution in [3.05, 3.63) is 27.9 Å². The molecule has 2 aromatic rings. The molecule has 18 heavy (non-hydrogen) atoms. The van der Waals surface area contributed by atoms with E-state index in [4.69, 9.17) is 22.1 Å². The molecule has 4 nitrogen and oxygen atoms in total. The lowest BCUT2D eigenvalue weighted by Gasteiger charge is -2.14. The summed E-state index contributed by atoms with van der Waals surface area (Å²) in [6.45, 7) is 5.83. The van der Waals surface area contributed by atoms with E-state index in [1.165, 1.54) is 0 Å². The van der Waals surface area contributed by atoms with Crippen LogP contribution in [0.3, 0.4) is 0 Å². The predicted molar refractivity (Wildman–Crippen MR) is 74.2 cm³/mol. The molecule has 96 valence electrons. The van der Waals surface area contributed by atoms with Gasteiger partial charge in [0.2, 0.25) is 0 Å². The van der Waals surface area contributed by atoms with Crippen molar-refractivity contribution in [2.45, 2.75) is 20.8 Å². The number of nitrogens with two attached hydrogens (primary N) is 1. The zero-order valence-electron chi connectivity index (χ0n) is 10.9. The molecule has 5 heteroatoms. The van der Waals surface area contributed by atoms with Crippen molar-refractivity contribution in [2.75, 3.05) is 12.8 Å². The molecule has 1 aromatic heterocycles. The Balaban J connectivity index is 2.77. The SMILES string of the molecule is COc1cc(C)c(Cl)c(C)c1-c1nc(N)[nH]c1C. The van der Waals surface area contributed by atoms with Crippen molar-refractivity contribution in [1.29, 1.82) is 0 Å². The van der Waals surface area contributed by atoms with Gasteiger partial charge < -0.3 is 15.5 Å². The predicted octanol–water partition coefficient (Wildman–Crippen LogP) is 3.25. The van der Waals surface area contributed by atoms with Crippen molar-refractivity contribution < 1.29 is 4.74 Å². The first kappa shape index (κ1) is 12.8. The number of rotatable bonds is 2. The molecule has 0 aliphatic rings. The number of aromatic amines is 1. The maximum atomic E-state index is 6.30. The summed E-state index contributed by atoms with van der Waals surface area (Å²) in [7, 11) is 1.64. The highest BCUT2D eigenvalue weighted by Gasteiger charge is 2.18. The Kier molecular flexibility index (Phi) is 3.22. The van der Waals surface area contributed by atoms with Crippen LogP contribution in [0.5, 0.6) is 5.75 Å². The van der Waals surface area contributed by atoms with Crippen LogP contribution in [0.2, 0.25) is 5.02 Å². The highest BCUT2D eigenvalue weighted by molar-refractivity contribution is 6.32. The number of halogens is 1. The standard InChI is InChI=1S/C13H16ClN3O/c1-6-5-9(18-4)10(7(2)11(6)14)12-8(3)16-13(15)17-12/h5H,1-4H3,(H3,15,16,17). The van der Waals surface area contributed by atoms with Gasteiger partial charge in [0.25, 0.3) is 0 Å². The van der Waals surface area contributed by atoms with E-state index >= 15 is 0 Å². The number of nitrogen functional groups attached to an aromatic ring is 1. The molecule has 0 radical (unpaired) electrons. The number of ether oxygens (including phenoxy) is 1. The van der Waals surface area contributed by atoms with Gasteiger partial charge >= 0.3 is 0 Å². The van der Waals surface area contributed by atoms with Gasteiger partial charge in [-0.25, -0.2) is 4.98 Å². The number of aromatic nitrogens is 2. The molecular weight excluding hydrogens is 250 g/mol. The Bertz CT molecular complexity index is 605. The van der Waals surface area contributed by atoms with Gasteiger partial charge in [0.1, 0.15) is 5.75 Å². The summed E-state index contributed by atoms with van der Waals surface area (Å²) in [5.41, 5.74) is 10.2. The number of nitrogens with zero attached hydrogens (tertiary/aromatic N) is 1. The van der Waals surface area contributed by atoms with Crippen LogP contribution in [-0.2, 0) is 0 Å². The molecule has 0 saturated carbocycles. The maximum absolute atomic E-state index is 6.30. The summed E-state index contributed by atoms with van der Waals surface area (Å²) in [4.78, 5) is 7.29. The van der Waals surface area contributed by atoms with Gasteiger partial charge in [-0.05, 0) is 38.0 Å². The van der Waals surface area contributed by atoms with E-state index in [0.717, 1.165) is 38.9 Å². The van der Waals surface area contributed by atoms with Crippen molar-refractivity contribution in [2.24, 2.45) is 0 Å². The van der Waals surface area contributed by atoms with E-state index in [2.05, 4.69) is 9.97 Å². The summed E-state index contributed by atoms with van der Waals surface area (Å²) in [5.74, 6) is 1.14. The molecule has 0 unspecified atom stereocenters. The Labute approximate surface area is 111 Å². The summed E-state index contributed by atoms with van der Waals surface area (Å²) in [6.07, 6.45) is 0. The van der Waals surface area contributed by atoms with Crippen molar-refractivity contribution in [3.63, 3.8) is 0 Å². The second-order valence-corrected chi connectivity index (χ2v) is 4.68.